The van der Waals surface area contributed by atoms with Gasteiger partial charge in [0.25, 0.3) is 0 Å². The molecule has 3 aromatic rings. The zero-order chi connectivity index (χ0) is 16.7. The normalized spacial score (nSPS) is 17.4. The Balaban J connectivity index is 1.69. The third-order valence-corrected chi connectivity index (χ3v) is 5.52. The highest BCUT2D eigenvalue weighted by molar-refractivity contribution is 7.89. The lowest BCUT2D eigenvalue weighted by Crippen LogP contribution is -2.32. The van der Waals surface area contributed by atoms with Gasteiger partial charge >= 0.3 is 5.69 Å². The summed E-state index contributed by atoms with van der Waals surface area (Å²) in [5.41, 5.74) is 1.47. The van der Waals surface area contributed by atoms with Gasteiger partial charge in [-0.15, -0.1) is 0 Å². The van der Waals surface area contributed by atoms with E-state index in [2.05, 4.69) is 14.7 Å². The number of imidazole rings is 1. The van der Waals surface area contributed by atoms with Gasteiger partial charge in [-0.3, -0.25) is 0 Å². The van der Waals surface area contributed by atoms with Crippen molar-refractivity contribution in [3.05, 3.63) is 58.5 Å². The monoisotopic (exact) mass is 345 g/mol. The van der Waals surface area contributed by atoms with E-state index in [4.69, 9.17) is 4.74 Å². The predicted molar refractivity (Wildman–Crippen MR) is 88.5 cm³/mol. The van der Waals surface area contributed by atoms with Gasteiger partial charge in [-0.05, 0) is 24.3 Å². The van der Waals surface area contributed by atoms with Crippen LogP contribution in [-0.4, -0.2) is 25.0 Å². The fraction of sp³-hybridized carbons (Fsp3) is 0.188. The molecule has 0 saturated carbocycles. The van der Waals surface area contributed by atoms with Gasteiger partial charge in [0.05, 0.1) is 28.6 Å². The van der Waals surface area contributed by atoms with Crippen molar-refractivity contribution in [2.24, 2.45) is 0 Å². The summed E-state index contributed by atoms with van der Waals surface area (Å²) in [6.45, 7) is 0.453. The van der Waals surface area contributed by atoms with Crippen molar-refractivity contribution in [2.75, 3.05) is 6.61 Å². The largest absolute Gasteiger partial charge is 0.493 e. The molecule has 2 heterocycles. The number of nitrogens with one attached hydrogen (secondary N) is 3. The van der Waals surface area contributed by atoms with E-state index in [1.54, 1.807) is 6.07 Å². The third kappa shape index (κ3) is 2.59. The second-order valence-electron chi connectivity index (χ2n) is 5.64. The fourth-order valence-corrected chi connectivity index (χ4v) is 4.17. The van der Waals surface area contributed by atoms with Gasteiger partial charge in [-0.1, -0.05) is 18.2 Å². The number of para-hydroxylation sites is 1. The average molecular weight is 345 g/mol. The molecule has 0 amide bonds. The number of rotatable bonds is 3. The Hall–Kier alpha value is -2.58. The van der Waals surface area contributed by atoms with Crippen molar-refractivity contribution in [1.29, 1.82) is 0 Å². The van der Waals surface area contributed by atoms with Crippen LogP contribution >= 0.6 is 0 Å². The lowest BCUT2D eigenvalue weighted by molar-refractivity contribution is 0.263. The van der Waals surface area contributed by atoms with Crippen LogP contribution in [0.2, 0.25) is 0 Å². The molecule has 3 N–H and O–H groups in total. The minimum Gasteiger partial charge on any atom is -0.493 e. The zero-order valence-electron chi connectivity index (χ0n) is 12.6. The van der Waals surface area contributed by atoms with E-state index in [9.17, 15) is 13.2 Å². The van der Waals surface area contributed by atoms with Crippen molar-refractivity contribution >= 4 is 21.1 Å². The molecule has 0 unspecified atom stereocenters. The Kier molecular flexibility index (Phi) is 3.43. The first-order valence-electron chi connectivity index (χ1n) is 7.49. The van der Waals surface area contributed by atoms with Crippen molar-refractivity contribution in [3.8, 4) is 5.75 Å². The van der Waals surface area contributed by atoms with Crippen molar-refractivity contribution in [1.82, 2.24) is 14.7 Å². The summed E-state index contributed by atoms with van der Waals surface area (Å²) in [5, 5.41) is 0. The van der Waals surface area contributed by atoms with Crippen molar-refractivity contribution in [2.45, 2.75) is 17.4 Å². The highest BCUT2D eigenvalue weighted by atomic mass is 32.2. The van der Waals surface area contributed by atoms with E-state index in [0.29, 0.717) is 29.8 Å². The number of H-pyrrole nitrogens is 2. The number of fused-ring (bicyclic) bond motifs is 2. The van der Waals surface area contributed by atoms with Crippen LogP contribution in [-0.2, 0) is 10.0 Å². The molecular weight excluding hydrogens is 330 g/mol. The molecule has 0 fully saturated rings. The number of sulfonamides is 1. The molecular formula is C16H15N3O4S. The molecule has 8 heteroatoms. The summed E-state index contributed by atoms with van der Waals surface area (Å²) in [4.78, 5) is 16.6. The minimum atomic E-state index is -3.73. The van der Waals surface area contributed by atoms with Crippen LogP contribution in [0.15, 0.2) is 52.2 Å². The van der Waals surface area contributed by atoms with E-state index < -0.39 is 10.0 Å². The zero-order valence-corrected chi connectivity index (χ0v) is 13.4. The lowest BCUT2D eigenvalue weighted by atomic mass is 10.0. The smallest absolute Gasteiger partial charge is 0.323 e. The van der Waals surface area contributed by atoms with E-state index in [1.807, 2.05) is 24.3 Å². The molecule has 0 aliphatic carbocycles. The molecule has 0 bridgehead atoms. The summed E-state index contributed by atoms with van der Waals surface area (Å²) in [6, 6.07) is 11.5. The highest BCUT2D eigenvalue weighted by Gasteiger charge is 2.26. The average Bonchev–Trinajstić information content (AvgIpc) is 2.94. The molecule has 24 heavy (non-hydrogen) atoms. The van der Waals surface area contributed by atoms with E-state index >= 15 is 0 Å². The Morgan fingerprint density at radius 1 is 1.08 bits per heavy atom. The first-order valence-corrected chi connectivity index (χ1v) is 8.97. The Morgan fingerprint density at radius 3 is 2.75 bits per heavy atom. The molecule has 0 saturated heterocycles. The van der Waals surface area contributed by atoms with Crippen LogP contribution in [0.25, 0.3) is 11.0 Å². The van der Waals surface area contributed by atoms with Crippen LogP contribution in [0.3, 0.4) is 0 Å². The van der Waals surface area contributed by atoms with Gasteiger partial charge in [-0.2, -0.15) is 0 Å². The molecule has 1 aliphatic heterocycles. The predicted octanol–water partition coefficient (Wildman–Crippen LogP) is 1.66. The van der Waals surface area contributed by atoms with E-state index in [0.717, 1.165) is 5.56 Å². The van der Waals surface area contributed by atoms with E-state index in [-0.39, 0.29) is 16.6 Å². The molecule has 1 atom stereocenters. The summed E-state index contributed by atoms with van der Waals surface area (Å²) in [6.07, 6.45) is 0.555. The summed E-state index contributed by atoms with van der Waals surface area (Å²) in [5.74, 6) is 0.696. The second kappa shape index (κ2) is 5.50. The van der Waals surface area contributed by atoms with Gasteiger partial charge in [0.1, 0.15) is 5.75 Å². The molecule has 7 nitrogen and oxygen atoms in total. The molecule has 0 spiro atoms. The Bertz CT molecular complexity index is 1070. The molecule has 1 aromatic heterocycles. The number of benzene rings is 2. The SMILES string of the molecule is O=c1[nH]c2ccc(S(=O)(=O)N[C@H]3CCOc4ccccc43)cc2[nH]1. The summed E-state index contributed by atoms with van der Waals surface area (Å²) < 4.78 is 33.7. The van der Waals surface area contributed by atoms with Gasteiger partial charge in [-0.25, -0.2) is 17.9 Å². The molecule has 2 aromatic carbocycles. The van der Waals surface area contributed by atoms with Crippen molar-refractivity contribution in [3.63, 3.8) is 0 Å². The maximum atomic E-state index is 12.7. The second-order valence-corrected chi connectivity index (χ2v) is 7.35. The minimum absolute atomic E-state index is 0.106. The number of aromatic nitrogens is 2. The first-order chi connectivity index (χ1) is 11.5. The number of hydrogen-bond acceptors (Lipinski definition) is 4. The van der Waals surface area contributed by atoms with Crippen molar-refractivity contribution < 1.29 is 13.2 Å². The quantitative estimate of drug-likeness (QED) is 0.671. The van der Waals surface area contributed by atoms with Crippen LogP contribution in [0.1, 0.15) is 18.0 Å². The maximum Gasteiger partial charge on any atom is 0.323 e. The number of hydrogen-bond donors (Lipinski definition) is 3. The van der Waals surface area contributed by atoms with Crippen LogP contribution in [0, 0.1) is 0 Å². The maximum absolute atomic E-state index is 12.7. The standard InChI is InChI=1S/C16H15N3O4S/c20-16-17-13-6-5-10(9-14(13)18-16)24(21,22)19-12-7-8-23-15-4-2-1-3-11(12)15/h1-6,9,12,19H,7-8H2,(H2,17,18,20)/t12-/m0/s1. The first kappa shape index (κ1) is 15.0. The lowest BCUT2D eigenvalue weighted by Gasteiger charge is -2.26. The molecule has 0 radical (unpaired) electrons. The van der Waals surface area contributed by atoms with Crippen LogP contribution in [0.4, 0.5) is 0 Å². The van der Waals surface area contributed by atoms with Crippen LogP contribution < -0.4 is 15.1 Å². The van der Waals surface area contributed by atoms with Crippen LogP contribution in [0.5, 0.6) is 5.75 Å². The van der Waals surface area contributed by atoms with Gasteiger partial charge in [0.2, 0.25) is 10.0 Å². The Morgan fingerprint density at radius 2 is 1.88 bits per heavy atom. The molecule has 124 valence electrons. The molecule has 1 aliphatic rings. The van der Waals surface area contributed by atoms with Gasteiger partial charge in [0.15, 0.2) is 0 Å². The summed E-state index contributed by atoms with van der Waals surface area (Å²) >= 11 is 0. The molecule has 4 rings (SSSR count). The highest BCUT2D eigenvalue weighted by Crippen LogP contribution is 2.32. The van der Waals surface area contributed by atoms with E-state index in [1.165, 1.54) is 12.1 Å². The topological polar surface area (TPSA) is 104 Å². The fourth-order valence-electron chi connectivity index (χ4n) is 2.90. The summed E-state index contributed by atoms with van der Waals surface area (Å²) in [7, 11) is -3.73. The number of ether oxygens (including phenoxy) is 1. The van der Waals surface area contributed by atoms with Gasteiger partial charge in [0, 0.05) is 12.0 Å². The van der Waals surface area contributed by atoms with Gasteiger partial charge < -0.3 is 14.7 Å². The number of aromatic amines is 2. The third-order valence-electron chi connectivity index (χ3n) is 4.05. The Labute approximate surface area is 137 Å².